The van der Waals surface area contributed by atoms with E-state index in [0.717, 1.165) is 9.50 Å². The molecule has 0 radical (unpaired) electrons. The largest absolute Gasteiger partial charge is 0.395 e. The molecule has 0 bridgehead atoms. The number of hydrogen-bond acceptors (Lipinski definition) is 3. The van der Waals surface area contributed by atoms with Gasteiger partial charge in [0, 0.05) is 15.9 Å². The van der Waals surface area contributed by atoms with Gasteiger partial charge in [0.15, 0.2) is 0 Å². The minimum Gasteiger partial charge on any atom is -0.395 e. The third-order valence-electron chi connectivity index (χ3n) is 1.34. The maximum absolute atomic E-state index is 8.84. The quantitative estimate of drug-likeness (QED) is 0.865. The molecule has 0 aliphatic rings. The molecule has 72 valence electrons. The highest BCUT2D eigenvalue weighted by molar-refractivity contribution is 9.10. The fourth-order valence-electron chi connectivity index (χ4n) is 0.717. The number of hydrogen-bond donors (Lipinski definition) is 1. The zero-order valence-corrected chi connectivity index (χ0v) is 10.2. The number of aromatic nitrogens is 1. The first-order chi connectivity index (χ1) is 6.13. The number of nitrogens with zero attached hydrogens (tertiary/aromatic N) is 1. The Morgan fingerprint density at radius 1 is 1.77 bits per heavy atom. The van der Waals surface area contributed by atoms with Gasteiger partial charge in [-0.05, 0) is 22.0 Å². The molecule has 2 nitrogen and oxygen atoms in total. The van der Waals surface area contributed by atoms with Crippen LogP contribution in [0.25, 0.3) is 0 Å². The van der Waals surface area contributed by atoms with Crippen LogP contribution in [-0.2, 0) is 0 Å². The van der Waals surface area contributed by atoms with Crippen LogP contribution in [0, 0.1) is 0 Å². The summed E-state index contributed by atoms with van der Waals surface area (Å²) in [6.45, 7) is 2.05. The van der Waals surface area contributed by atoms with E-state index in [1.54, 1.807) is 12.3 Å². The number of rotatable bonds is 3. The van der Waals surface area contributed by atoms with Gasteiger partial charge >= 0.3 is 0 Å². The zero-order valence-electron chi connectivity index (χ0n) is 7.00. The summed E-state index contributed by atoms with van der Waals surface area (Å²) in [6.07, 6.45) is 1.69. The smallest absolute Gasteiger partial charge is 0.115 e. The summed E-state index contributed by atoms with van der Waals surface area (Å²) in [5.41, 5.74) is 0. The lowest BCUT2D eigenvalue weighted by atomic mass is 10.5. The predicted molar refractivity (Wildman–Crippen MR) is 59.4 cm³/mol. The molecule has 0 aromatic carbocycles. The van der Waals surface area contributed by atoms with E-state index in [-0.39, 0.29) is 11.9 Å². The Bertz CT molecular complexity index is 297. The van der Waals surface area contributed by atoms with Gasteiger partial charge in [-0.2, -0.15) is 0 Å². The van der Waals surface area contributed by atoms with Crippen LogP contribution < -0.4 is 0 Å². The molecule has 0 saturated carbocycles. The van der Waals surface area contributed by atoms with Crippen molar-refractivity contribution in [2.45, 2.75) is 17.2 Å². The van der Waals surface area contributed by atoms with Crippen molar-refractivity contribution in [2.24, 2.45) is 0 Å². The summed E-state index contributed by atoms with van der Waals surface area (Å²) in [5.74, 6) is 0. The molecule has 1 aromatic heterocycles. The minimum absolute atomic E-state index is 0.117. The molecule has 1 N–H and O–H groups in total. The van der Waals surface area contributed by atoms with Crippen molar-refractivity contribution in [3.05, 3.63) is 21.8 Å². The van der Waals surface area contributed by atoms with Gasteiger partial charge in [0.2, 0.25) is 0 Å². The Kier molecular flexibility index (Phi) is 4.52. The highest BCUT2D eigenvalue weighted by Gasteiger charge is 2.07. The van der Waals surface area contributed by atoms with Crippen LogP contribution >= 0.6 is 39.3 Å². The van der Waals surface area contributed by atoms with Gasteiger partial charge in [-0.15, -0.1) is 0 Å². The zero-order chi connectivity index (χ0) is 9.84. The van der Waals surface area contributed by atoms with E-state index in [2.05, 4.69) is 20.9 Å². The van der Waals surface area contributed by atoms with Gasteiger partial charge in [0.25, 0.3) is 0 Å². The highest BCUT2D eigenvalue weighted by Crippen LogP contribution is 2.29. The molecule has 5 heteroatoms. The van der Waals surface area contributed by atoms with Gasteiger partial charge in [0.1, 0.15) is 5.03 Å². The van der Waals surface area contributed by atoms with E-state index in [9.17, 15) is 0 Å². The second-order valence-corrected chi connectivity index (χ2v) is 5.30. The Morgan fingerprint density at radius 3 is 3.00 bits per heavy atom. The molecule has 1 atom stereocenters. The Morgan fingerprint density at radius 2 is 2.46 bits per heavy atom. The first-order valence-electron chi connectivity index (χ1n) is 3.72. The SMILES string of the molecule is CC(CO)Sc1ncc(Br)cc1Cl. The van der Waals surface area contributed by atoms with Gasteiger partial charge in [-0.25, -0.2) is 4.98 Å². The summed E-state index contributed by atoms with van der Waals surface area (Å²) in [7, 11) is 0. The fraction of sp³-hybridized carbons (Fsp3) is 0.375. The normalized spacial score (nSPS) is 12.9. The molecule has 1 unspecified atom stereocenters. The molecular weight excluding hydrogens is 274 g/mol. The lowest BCUT2D eigenvalue weighted by Crippen LogP contribution is -2.02. The molecule has 0 fully saturated rings. The van der Waals surface area contributed by atoms with Crippen LogP contribution in [0.5, 0.6) is 0 Å². The molecule has 0 spiro atoms. The number of pyridine rings is 1. The minimum atomic E-state index is 0.117. The monoisotopic (exact) mass is 281 g/mol. The third kappa shape index (κ3) is 3.46. The number of thioether (sulfide) groups is 1. The van der Waals surface area contributed by atoms with Gasteiger partial charge in [-0.3, -0.25) is 0 Å². The lowest BCUT2D eigenvalue weighted by molar-refractivity contribution is 0.300. The van der Waals surface area contributed by atoms with E-state index >= 15 is 0 Å². The molecule has 13 heavy (non-hydrogen) atoms. The van der Waals surface area contributed by atoms with Crippen molar-refractivity contribution in [1.29, 1.82) is 0 Å². The first-order valence-corrected chi connectivity index (χ1v) is 5.77. The molecule has 1 aromatic rings. The lowest BCUT2D eigenvalue weighted by Gasteiger charge is -2.07. The standard InChI is InChI=1S/C8H9BrClNOS/c1-5(4-12)13-8-7(10)2-6(9)3-11-8/h2-3,5,12H,4H2,1H3. The van der Waals surface area contributed by atoms with Crippen LogP contribution in [0.3, 0.4) is 0 Å². The Labute approximate surface area is 94.8 Å². The van der Waals surface area contributed by atoms with Crippen molar-refractivity contribution in [3.63, 3.8) is 0 Å². The number of halogens is 2. The summed E-state index contributed by atoms with van der Waals surface area (Å²) >= 11 is 10.7. The van der Waals surface area contributed by atoms with Crippen molar-refractivity contribution < 1.29 is 5.11 Å². The van der Waals surface area contributed by atoms with Crippen LogP contribution in [-0.4, -0.2) is 21.9 Å². The summed E-state index contributed by atoms with van der Waals surface area (Å²) in [6, 6.07) is 1.79. The maximum atomic E-state index is 8.84. The van der Waals surface area contributed by atoms with E-state index in [4.69, 9.17) is 16.7 Å². The number of aliphatic hydroxyl groups excluding tert-OH is 1. The van der Waals surface area contributed by atoms with E-state index in [1.807, 2.05) is 6.92 Å². The highest BCUT2D eigenvalue weighted by atomic mass is 79.9. The molecule has 0 aliphatic carbocycles. The van der Waals surface area contributed by atoms with E-state index in [0.29, 0.717) is 5.02 Å². The van der Waals surface area contributed by atoms with Gasteiger partial charge < -0.3 is 5.11 Å². The summed E-state index contributed by atoms with van der Waals surface area (Å²) in [5, 5.41) is 10.3. The molecule has 1 rings (SSSR count). The average Bonchev–Trinajstić information content (AvgIpc) is 2.09. The van der Waals surface area contributed by atoms with Crippen molar-refractivity contribution >= 4 is 39.3 Å². The fourth-order valence-corrected chi connectivity index (χ4v) is 2.22. The molecule has 0 aliphatic heterocycles. The third-order valence-corrected chi connectivity index (χ3v) is 3.28. The summed E-state index contributed by atoms with van der Waals surface area (Å²) < 4.78 is 0.860. The van der Waals surface area contributed by atoms with Crippen LogP contribution in [0.4, 0.5) is 0 Å². The summed E-state index contributed by atoms with van der Waals surface area (Å²) in [4.78, 5) is 4.14. The van der Waals surface area contributed by atoms with Crippen LogP contribution in [0.1, 0.15) is 6.92 Å². The van der Waals surface area contributed by atoms with Crippen molar-refractivity contribution in [2.75, 3.05) is 6.61 Å². The van der Waals surface area contributed by atoms with E-state index in [1.165, 1.54) is 11.8 Å². The Balaban J connectivity index is 2.77. The van der Waals surface area contributed by atoms with Crippen molar-refractivity contribution in [3.8, 4) is 0 Å². The molecular formula is C8H9BrClNOS. The molecule has 1 heterocycles. The first kappa shape index (κ1) is 11.3. The predicted octanol–water partition coefficient (Wildman–Crippen LogP) is 2.97. The van der Waals surface area contributed by atoms with Crippen LogP contribution in [0.2, 0.25) is 5.02 Å². The maximum Gasteiger partial charge on any atom is 0.115 e. The Hall–Kier alpha value is 0.230. The van der Waals surface area contributed by atoms with Gasteiger partial charge in [-0.1, -0.05) is 30.3 Å². The van der Waals surface area contributed by atoms with Crippen LogP contribution in [0.15, 0.2) is 21.8 Å². The second kappa shape index (κ2) is 5.20. The molecule has 0 saturated heterocycles. The van der Waals surface area contributed by atoms with Crippen molar-refractivity contribution in [1.82, 2.24) is 4.98 Å². The van der Waals surface area contributed by atoms with E-state index < -0.39 is 0 Å². The van der Waals surface area contributed by atoms with Gasteiger partial charge in [0.05, 0.1) is 11.6 Å². The second-order valence-electron chi connectivity index (χ2n) is 2.55. The average molecular weight is 283 g/mol. The topological polar surface area (TPSA) is 33.1 Å². The number of aliphatic hydroxyl groups is 1. The molecule has 0 amide bonds.